The highest BCUT2D eigenvalue weighted by Gasteiger charge is 2.29. The monoisotopic (exact) mass is 618 g/mol. The molecule has 0 saturated heterocycles. The van der Waals surface area contributed by atoms with Crippen molar-refractivity contribution in [3.63, 3.8) is 0 Å². The predicted octanol–water partition coefficient (Wildman–Crippen LogP) is 9.58. The smallest absolute Gasteiger partial charge is 0.134 e. The molecular weight excluding hydrogens is 585 g/mol. The third-order valence-corrected chi connectivity index (χ3v) is 8.82. The van der Waals surface area contributed by atoms with Crippen LogP contribution in [0.15, 0.2) is 181 Å². The summed E-state index contributed by atoms with van der Waals surface area (Å²) in [6, 6.07) is 53.1. The average molecular weight is 619 g/mol. The van der Waals surface area contributed by atoms with Crippen molar-refractivity contribution in [2.45, 2.75) is 6.04 Å². The summed E-state index contributed by atoms with van der Waals surface area (Å²) in [5, 5.41) is 7.37. The van der Waals surface area contributed by atoms with E-state index in [2.05, 4.69) is 167 Å². The molecule has 0 amide bonds. The Kier molecular flexibility index (Phi) is 8.04. The fourth-order valence-electron chi connectivity index (χ4n) is 6.44. The van der Waals surface area contributed by atoms with E-state index in [4.69, 9.17) is 4.99 Å². The lowest BCUT2D eigenvalue weighted by Gasteiger charge is -2.31. The molecule has 0 saturated carbocycles. The number of amidine groups is 1. The molecule has 2 N–H and O–H groups in total. The molecule has 0 radical (unpaired) electrons. The topological polar surface area (TPSA) is 49.3 Å². The van der Waals surface area contributed by atoms with E-state index < -0.39 is 0 Å². The lowest BCUT2D eigenvalue weighted by Crippen LogP contribution is -2.33. The van der Waals surface area contributed by atoms with Crippen molar-refractivity contribution in [3.05, 3.63) is 204 Å². The lowest BCUT2D eigenvalue weighted by molar-refractivity contribution is 0.800. The average Bonchev–Trinajstić information content (AvgIpc) is 3.19. The number of dihydropyridines is 1. The van der Waals surface area contributed by atoms with Gasteiger partial charge in [0.2, 0.25) is 0 Å². The highest BCUT2D eigenvalue weighted by molar-refractivity contribution is 6.09. The standard InChI is InChI=1S/C44H34N4/c1-4-14-32(15-5-1)41-42(33-16-6-2-7-17-33)47-44(35-18-8-3-9-19-35)48-43(41)34-24-22-31(23-25-34)36-28-37(39-20-10-12-26-45-39)30-38(29-36)40-21-11-13-27-46-40/h1-26,28-30,43,46H,27H2,(H,47,48). The van der Waals surface area contributed by atoms with Crippen LogP contribution in [-0.4, -0.2) is 17.4 Å². The summed E-state index contributed by atoms with van der Waals surface area (Å²) >= 11 is 0. The van der Waals surface area contributed by atoms with Crippen molar-refractivity contribution >= 4 is 22.8 Å². The van der Waals surface area contributed by atoms with Crippen molar-refractivity contribution < 1.29 is 0 Å². The van der Waals surface area contributed by atoms with Crippen molar-refractivity contribution in [2.75, 3.05) is 6.54 Å². The Bertz CT molecular complexity index is 2160. The van der Waals surface area contributed by atoms with Gasteiger partial charge in [-0.15, -0.1) is 0 Å². The van der Waals surface area contributed by atoms with Gasteiger partial charge in [0.05, 0.1) is 17.4 Å². The van der Waals surface area contributed by atoms with Crippen LogP contribution in [0.5, 0.6) is 0 Å². The Morgan fingerprint density at radius 2 is 1.19 bits per heavy atom. The Morgan fingerprint density at radius 1 is 0.542 bits per heavy atom. The highest BCUT2D eigenvalue weighted by Crippen LogP contribution is 2.41. The number of pyridine rings is 1. The number of nitrogens with one attached hydrogen (secondary N) is 2. The molecule has 2 aliphatic heterocycles. The van der Waals surface area contributed by atoms with Crippen LogP contribution in [0.1, 0.15) is 33.9 Å². The van der Waals surface area contributed by atoms with Gasteiger partial charge in [-0.05, 0) is 64.2 Å². The second-order valence-corrected chi connectivity index (χ2v) is 11.9. The SMILES string of the molecule is C1=CCNC(c2cc(-c3ccc(C4NC(c5ccccc5)=NC(c5ccccc5)=C4c4ccccc4)cc3)cc(-c3ccccn3)c2)=C1. The van der Waals surface area contributed by atoms with Crippen LogP contribution < -0.4 is 10.6 Å². The fraction of sp³-hybridized carbons (Fsp3) is 0.0455. The van der Waals surface area contributed by atoms with Crippen molar-refractivity contribution in [2.24, 2.45) is 4.99 Å². The summed E-state index contributed by atoms with van der Waals surface area (Å²) in [7, 11) is 0. The van der Waals surface area contributed by atoms with Crippen LogP contribution in [0.3, 0.4) is 0 Å². The fourth-order valence-corrected chi connectivity index (χ4v) is 6.44. The predicted molar refractivity (Wildman–Crippen MR) is 199 cm³/mol. The minimum Gasteiger partial charge on any atom is -0.381 e. The van der Waals surface area contributed by atoms with E-state index in [1.807, 2.05) is 24.4 Å². The number of aromatic nitrogens is 1. The van der Waals surface area contributed by atoms with Crippen LogP contribution in [0.4, 0.5) is 0 Å². The number of benzene rings is 5. The number of allylic oxidation sites excluding steroid dienone is 2. The van der Waals surface area contributed by atoms with Crippen molar-refractivity contribution in [1.82, 2.24) is 15.6 Å². The largest absolute Gasteiger partial charge is 0.381 e. The van der Waals surface area contributed by atoms with E-state index in [0.717, 1.165) is 79.5 Å². The Labute approximate surface area is 281 Å². The number of hydrogen-bond acceptors (Lipinski definition) is 4. The zero-order valence-electron chi connectivity index (χ0n) is 26.4. The normalized spacial score (nSPS) is 15.6. The molecule has 2 aliphatic rings. The van der Waals surface area contributed by atoms with E-state index in [-0.39, 0.29) is 6.04 Å². The molecule has 230 valence electrons. The van der Waals surface area contributed by atoms with Crippen LogP contribution in [-0.2, 0) is 0 Å². The van der Waals surface area contributed by atoms with Crippen LogP contribution in [0.25, 0.3) is 39.4 Å². The van der Waals surface area contributed by atoms with Crippen LogP contribution in [0, 0.1) is 0 Å². The molecule has 4 nitrogen and oxygen atoms in total. The third-order valence-electron chi connectivity index (χ3n) is 8.82. The maximum Gasteiger partial charge on any atom is 0.134 e. The molecule has 4 heteroatoms. The number of nitrogens with zero attached hydrogens (tertiary/aromatic N) is 2. The molecule has 0 fully saturated rings. The van der Waals surface area contributed by atoms with E-state index in [9.17, 15) is 0 Å². The van der Waals surface area contributed by atoms with Gasteiger partial charge in [-0.1, -0.05) is 133 Å². The quantitative estimate of drug-likeness (QED) is 0.187. The molecule has 0 spiro atoms. The first-order valence-corrected chi connectivity index (χ1v) is 16.3. The molecule has 1 unspecified atom stereocenters. The van der Waals surface area contributed by atoms with Gasteiger partial charge in [0.1, 0.15) is 5.84 Å². The second kappa shape index (κ2) is 13.2. The summed E-state index contributed by atoms with van der Waals surface area (Å²) in [5.41, 5.74) is 13.2. The van der Waals surface area contributed by atoms with Gasteiger partial charge in [0, 0.05) is 40.7 Å². The third kappa shape index (κ3) is 6.00. The molecule has 1 atom stereocenters. The minimum atomic E-state index is -0.122. The van der Waals surface area contributed by atoms with Crippen LogP contribution in [0.2, 0.25) is 0 Å². The van der Waals surface area contributed by atoms with Gasteiger partial charge in [0.25, 0.3) is 0 Å². The molecule has 0 bridgehead atoms. The van der Waals surface area contributed by atoms with E-state index >= 15 is 0 Å². The van der Waals surface area contributed by atoms with E-state index in [1.165, 1.54) is 0 Å². The summed E-state index contributed by atoms with van der Waals surface area (Å²) < 4.78 is 0. The van der Waals surface area contributed by atoms with E-state index in [0.29, 0.717) is 0 Å². The zero-order chi connectivity index (χ0) is 32.1. The lowest BCUT2D eigenvalue weighted by atomic mass is 9.87. The molecule has 8 rings (SSSR count). The minimum absolute atomic E-state index is 0.122. The molecule has 6 aromatic rings. The summed E-state index contributed by atoms with van der Waals surface area (Å²) in [4.78, 5) is 9.94. The highest BCUT2D eigenvalue weighted by atomic mass is 15.1. The van der Waals surface area contributed by atoms with Crippen molar-refractivity contribution in [3.8, 4) is 22.4 Å². The van der Waals surface area contributed by atoms with Gasteiger partial charge >= 0.3 is 0 Å². The maximum atomic E-state index is 5.28. The summed E-state index contributed by atoms with van der Waals surface area (Å²) in [6.45, 7) is 0.814. The van der Waals surface area contributed by atoms with Gasteiger partial charge in [-0.25, -0.2) is 4.99 Å². The molecule has 1 aromatic heterocycles. The van der Waals surface area contributed by atoms with Crippen molar-refractivity contribution in [1.29, 1.82) is 0 Å². The first kappa shape index (κ1) is 29.2. The van der Waals surface area contributed by atoms with Gasteiger partial charge in [0.15, 0.2) is 0 Å². The van der Waals surface area contributed by atoms with Gasteiger partial charge in [-0.3, -0.25) is 4.98 Å². The van der Waals surface area contributed by atoms with Gasteiger partial charge < -0.3 is 10.6 Å². The Hall–Kier alpha value is -6.26. The number of rotatable bonds is 7. The van der Waals surface area contributed by atoms with E-state index in [1.54, 1.807) is 0 Å². The molecule has 48 heavy (non-hydrogen) atoms. The first-order valence-electron chi connectivity index (χ1n) is 16.3. The Morgan fingerprint density at radius 3 is 1.85 bits per heavy atom. The first-order chi connectivity index (χ1) is 23.8. The zero-order valence-corrected chi connectivity index (χ0v) is 26.4. The molecule has 5 aromatic carbocycles. The van der Waals surface area contributed by atoms with Crippen LogP contribution >= 0.6 is 0 Å². The van der Waals surface area contributed by atoms with Gasteiger partial charge in [-0.2, -0.15) is 0 Å². The number of hydrogen-bond donors (Lipinski definition) is 2. The molecule has 0 aliphatic carbocycles. The molecule has 3 heterocycles. The second-order valence-electron chi connectivity index (χ2n) is 11.9. The number of aliphatic imine (C=N–C) groups is 1. The Balaban J connectivity index is 1.24. The maximum absolute atomic E-state index is 5.28. The summed E-state index contributed by atoms with van der Waals surface area (Å²) in [5.74, 6) is 0.859. The molecular formula is C44H34N4. The summed E-state index contributed by atoms with van der Waals surface area (Å²) in [6.07, 6.45) is 8.22.